The Labute approximate surface area is 224 Å². The van der Waals surface area contributed by atoms with Crippen molar-refractivity contribution < 1.29 is 18.7 Å². The highest BCUT2D eigenvalue weighted by molar-refractivity contribution is 6.00. The Morgan fingerprint density at radius 1 is 1.21 bits per heavy atom. The summed E-state index contributed by atoms with van der Waals surface area (Å²) in [6.45, 7) is 10.1. The van der Waals surface area contributed by atoms with Gasteiger partial charge in [0.15, 0.2) is 5.78 Å². The quantitative estimate of drug-likeness (QED) is 0.273. The number of Topliss-reactive ketones (excluding diaryl/α,β-unsaturated/α-hetero) is 1. The monoisotopic (exact) mass is 521 g/mol. The molecule has 0 aliphatic carbocycles. The summed E-state index contributed by atoms with van der Waals surface area (Å²) in [7, 11) is 5.48. The van der Waals surface area contributed by atoms with Gasteiger partial charge in [0.25, 0.3) is 5.91 Å². The number of amides is 1. The molecule has 1 atom stereocenters. The summed E-state index contributed by atoms with van der Waals surface area (Å²) in [6, 6.07) is 10.1. The summed E-state index contributed by atoms with van der Waals surface area (Å²) in [5.74, 6) is -0.0422. The number of rotatable bonds is 13. The molecule has 3 aromatic rings. The van der Waals surface area contributed by atoms with Crippen LogP contribution in [0.5, 0.6) is 0 Å². The fourth-order valence-corrected chi connectivity index (χ4v) is 4.99. The number of halogens is 1. The molecular formula is C31H40FN3O3. The van der Waals surface area contributed by atoms with Crippen LogP contribution in [0, 0.1) is 11.7 Å². The molecule has 6 nitrogen and oxygen atoms in total. The van der Waals surface area contributed by atoms with Gasteiger partial charge in [-0.15, -0.1) is 0 Å². The lowest BCUT2D eigenvalue weighted by Crippen LogP contribution is -2.36. The number of fused-ring (bicyclic) bond motifs is 1. The van der Waals surface area contributed by atoms with E-state index in [1.165, 1.54) is 12.1 Å². The third kappa shape index (κ3) is 6.90. The maximum atomic E-state index is 13.6. The molecule has 1 unspecified atom stereocenters. The number of nitrogens with zero attached hydrogens (tertiary/aromatic N) is 2. The van der Waals surface area contributed by atoms with Crippen LogP contribution < -0.4 is 15.8 Å². The van der Waals surface area contributed by atoms with Crippen molar-refractivity contribution in [1.82, 2.24) is 14.8 Å². The minimum absolute atomic E-state index is 0.0645. The van der Waals surface area contributed by atoms with Gasteiger partial charge in [-0.3, -0.25) is 9.59 Å². The van der Waals surface area contributed by atoms with Gasteiger partial charge in [-0.25, -0.2) is 4.39 Å². The lowest BCUT2D eigenvalue weighted by Gasteiger charge is -2.22. The normalized spacial score (nSPS) is 12.6. The number of ether oxygens (including phenoxy) is 1. The molecule has 0 aliphatic heterocycles. The van der Waals surface area contributed by atoms with E-state index in [0.29, 0.717) is 43.2 Å². The molecular weight excluding hydrogens is 481 g/mol. The van der Waals surface area contributed by atoms with E-state index in [1.807, 2.05) is 37.7 Å². The Balaban J connectivity index is 1.72. The number of aryl methyl sites for hydroxylation is 1. The first kappa shape index (κ1) is 29.1. The minimum atomic E-state index is -0.304. The zero-order chi connectivity index (χ0) is 27.8. The zero-order valence-corrected chi connectivity index (χ0v) is 23.3. The highest BCUT2D eigenvalue weighted by Crippen LogP contribution is 2.22. The summed E-state index contributed by atoms with van der Waals surface area (Å²) >= 11 is 0. The summed E-state index contributed by atoms with van der Waals surface area (Å²) in [6.07, 6.45) is 4.89. The molecule has 0 spiro atoms. The SMILES string of the molecule is C=c1ccc(C(=O)NCCOC)c(CC)/c1=C/N(C)CC(CC)CCC(=O)c1cc2cc(F)ccc2n1C. The van der Waals surface area contributed by atoms with E-state index in [4.69, 9.17) is 4.74 Å². The number of carbonyl (C=O) groups is 2. The van der Waals surface area contributed by atoms with Crippen molar-refractivity contribution in [3.8, 4) is 0 Å². The van der Waals surface area contributed by atoms with Gasteiger partial charge in [-0.1, -0.05) is 32.9 Å². The molecule has 0 fully saturated rings. The Hall–Kier alpha value is -3.45. The maximum absolute atomic E-state index is 13.6. The van der Waals surface area contributed by atoms with Crippen LogP contribution in [0.15, 0.2) is 36.4 Å². The Kier molecular flexibility index (Phi) is 10.2. The van der Waals surface area contributed by atoms with Crippen LogP contribution in [0.4, 0.5) is 4.39 Å². The second kappa shape index (κ2) is 13.4. The van der Waals surface area contributed by atoms with Crippen molar-refractivity contribution in [3.63, 3.8) is 0 Å². The highest BCUT2D eigenvalue weighted by atomic mass is 19.1. The van der Waals surface area contributed by atoms with Crippen molar-refractivity contribution >= 4 is 35.4 Å². The predicted octanol–water partition coefficient (Wildman–Crippen LogP) is 4.03. The summed E-state index contributed by atoms with van der Waals surface area (Å²) in [4.78, 5) is 28.0. The molecule has 3 rings (SSSR count). The van der Waals surface area contributed by atoms with E-state index in [2.05, 4.69) is 29.9 Å². The van der Waals surface area contributed by atoms with Crippen LogP contribution in [0.2, 0.25) is 0 Å². The number of aromatic nitrogens is 1. The number of hydrogen-bond donors (Lipinski definition) is 1. The van der Waals surface area contributed by atoms with Crippen LogP contribution >= 0.6 is 0 Å². The first-order valence-corrected chi connectivity index (χ1v) is 13.3. The molecule has 1 N–H and O–H groups in total. The summed E-state index contributed by atoms with van der Waals surface area (Å²) in [5, 5.41) is 5.48. The fraction of sp³-hybridized carbons (Fsp3) is 0.419. The van der Waals surface area contributed by atoms with Gasteiger partial charge in [-0.2, -0.15) is 0 Å². The van der Waals surface area contributed by atoms with E-state index in [-0.39, 0.29) is 17.5 Å². The topological polar surface area (TPSA) is 63.6 Å². The van der Waals surface area contributed by atoms with Gasteiger partial charge in [0.1, 0.15) is 5.82 Å². The minimum Gasteiger partial charge on any atom is -0.383 e. The van der Waals surface area contributed by atoms with Crippen LogP contribution in [-0.2, 0) is 18.2 Å². The molecule has 7 heteroatoms. The predicted molar refractivity (Wildman–Crippen MR) is 152 cm³/mol. The average molecular weight is 522 g/mol. The van der Waals surface area contributed by atoms with Gasteiger partial charge >= 0.3 is 0 Å². The van der Waals surface area contributed by atoms with Crippen molar-refractivity contribution in [1.29, 1.82) is 0 Å². The molecule has 0 saturated heterocycles. The molecule has 0 radical (unpaired) electrons. The first-order chi connectivity index (χ1) is 18.2. The van der Waals surface area contributed by atoms with Crippen molar-refractivity contribution in [2.75, 3.05) is 33.9 Å². The number of benzene rings is 2. The second-order valence-corrected chi connectivity index (χ2v) is 9.86. The van der Waals surface area contributed by atoms with E-state index in [9.17, 15) is 14.0 Å². The van der Waals surface area contributed by atoms with Gasteiger partial charge in [0, 0.05) is 68.6 Å². The Morgan fingerprint density at radius 3 is 2.66 bits per heavy atom. The van der Waals surface area contributed by atoms with E-state index in [0.717, 1.165) is 46.3 Å². The van der Waals surface area contributed by atoms with E-state index < -0.39 is 0 Å². The van der Waals surface area contributed by atoms with E-state index in [1.54, 1.807) is 19.2 Å². The fourth-order valence-electron chi connectivity index (χ4n) is 4.99. The standard InChI is InChI=1S/C31H40FN3O3/c1-7-22(10-14-30(36)29-18-23-17-24(32)11-13-28(23)35(29)5)19-34(4)20-27-21(3)9-12-26(25(27)8-2)31(37)33-15-16-38-6/h9,11-13,17-18,20,22H,3,7-8,10,14-16,19H2,1-2,4-6H3,(H,33,37)/b27-20+. The largest absolute Gasteiger partial charge is 0.383 e. The summed E-state index contributed by atoms with van der Waals surface area (Å²) in [5.41, 5.74) is 3.08. The molecule has 1 amide bonds. The van der Waals surface area contributed by atoms with Gasteiger partial charge < -0.3 is 19.5 Å². The molecule has 0 aliphatic rings. The van der Waals surface area contributed by atoms with Crippen molar-refractivity contribution in [2.45, 2.75) is 39.5 Å². The number of ketones is 1. The molecule has 38 heavy (non-hydrogen) atoms. The van der Waals surface area contributed by atoms with Gasteiger partial charge in [0.2, 0.25) is 0 Å². The average Bonchev–Trinajstić information content (AvgIpc) is 3.22. The number of methoxy groups -OCH3 is 1. The van der Waals surface area contributed by atoms with Crippen LogP contribution in [0.3, 0.4) is 0 Å². The molecule has 2 aromatic carbocycles. The third-order valence-corrected chi connectivity index (χ3v) is 7.18. The van der Waals surface area contributed by atoms with Gasteiger partial charge in [-0.05, 0) is 59.9 Å². The zero-order valence-electron chi connectivity index (χ0n) is 23.3. The third-order valence-electron chi connectivity index (χ3n) is 7.18. The lowest BCUT2D eigenvalue weighted by molar-refractivity contribution is 0.0934. The van der Waals surface area contributed by atoms with Crippen LogP contribution in [0.25, 0.3) is 23.7 Å². The molecule has 0 bridgehead atoms. The molecule has 204 valence electrons. The van der Waals surface area contributed by atoms with Crippen LogP contribution in [-0.4, -0.2) is 55.0 Å². The van der Waals surface area contributed by atoms with Crippen molar-refractivity contribution in [2.24, 2.45) is 13.0 Å². The number of carbonyl (C=O) groups excluding carboxylic acids is 2. The van der Waals surface area contributed by atoms with Gasteiger partial charge in [0.05, 0.1) is 12.3 Å². The first-order valence-electron chi connectivity index (χ1n) is 13.3. The van der Waals surface area contributed by atoms with Crippen molar-refractivity contribution in [3.05, 3.63) is 69.5 Å². The smallest absolute Gasteiger partial charge is 0.251 e. The molecule has 1 heterocycles. The van der Waals surface area contributed by atoms with E-state index >= 15 is 0 Å². The molecule has 0 saturated carbocycles. The summed E-state index contributed by atoms with van der Waals surface area (Å²) < 4.78 is 20.5. The Morgan fingerprint density at radius 2 is 1.97 bits per heavy atom. The molecule has 1 aromatic heterocycles. The number of hydrogen-bond acceptors (Lipinski definition) is 4. The highest BCUT2D eigenvalue weighted by Gasteiger charge is 2.17. The Bertz CT molecular complexity index is 1400. The van der Waals surface area contributed by atoms with Crippen LogP contribution in [0.1, 0.15) is 59.5 Å². The lowest BCUT2D eigenvalue weighted by atomic mass is 9.97. The maximum Gasteiger partial charge on any atom is 0.251 e. The number of nitrogens with one attached hydrogen (secondary N) is 1. The second-order valence-electron chi connectivity index (χ2n) is 9.86.